The number of nitrogens with zero attached hydrogens (tertiary/aromatic N) is 2. The van der Waals surface area contributed by atoms with Crippen molar-refractivity contribution in [2.45, 2.75) is 31.0 Å². The van der Waals surface area contributed by atoms with Gasteiger partial charge in [-0.3, -0.25) is 9.59 Å². The fraction of sp³-hybridized carbons (Fsp3) is 0.526. The molecule has 8 heteroatoms. The van der Waals surface area contributed by atoms with E-state index < -0.39 is 0 Å². The predicted octanol–water partition coefficient (Wildman–Crippen LogP) is 3.62. The molecule has 146 valence electrons. The van der Waals surface area contributed by atoms with E-state index >= 15 is 0 Å². The molecule has 2 amide bonds. The minimum atomic E-state index is 0.0412. The van der Waals surface area contributed by atoms with Gasteiger partial charge in [0.05, 0.1) is 29.2 Å². The van der Waals surface area contributed by atoms with Crippen molar-refractivity contribution in [3.8, 4) is 0 Å². The number of carbonyl (C=O) groups excluding carboxylic acids is 2. The molecule has 0 atom stereocenters. The van der Waals surface area contributed by atoms with E-state index in [2.05, 4.69) is 10.3 Å². The molecule has 27 heavy (non-hydrogen) atoms. The molecule has 0 spiro atoms. The van der Waals surface area contributed by atoms with Crippen molar-refractivity contribution in [3.05, 3.63) is 18.2 Å². The lowest BCUT2D eigenvalue weighted by Gasteiger charge is -2.26. The lowest BCUT2D eigenvalue weighted by atomic mass is 10.0. The first-order chi connectivity index (χ1) is 13.1. The number of hydrogen-bond acceptors (Lipinski definition) is 6. The van der Waals surface area contributed by atoms with E-state index in [9.17, 15) is 9.59 Å². The largest absolute Gasteiger partial charge is 0.378 e. The number of thiazole rings is 1. The monoisotopic (exact) mass is 407 g/mol. The summed E-state index contributed by atoms with van der Waals surface area (Å²) < 4.78 is 7.16. The van der Waals surface area contributed by atoms with Crippen LogP contribution in [0.4, 0.5) is 5.69 Å². The van der Waals surface area contributed by atoms with Crippen LogP contribution < -0.4 is 5.32 Å². The maximum atomic E-state index is 12.3. The third kappa shape index (κ3) is 5.21. The Hall–Kier alpha value is -1.64. The van der Waals surface area contributed by atoms with Gasteiger partial charge in [-0.2, -0.15) is 0 Å². The Kier molecular flexibility index (Phi) is 7.09. The number of nitrogens with one attached hydrogen (secondary N) is 1. The summed E-state index contributed by atoms with van der Waals surface area (Å²) in [5, 5.41) is 3.00. The lowest BCUT2D eigenvalue weighted by Crippen LogP contribution is -2.41. The molecular weight excluding hydrogens is 382 g/mol. The van der Waals surface area contributed by atoms with Gasteiger partial charge in [0.15, 0.2) is 4.34 Å². The number of fused-ring (bicyclic) bond motifs is 1. The maximum absolute atomic E-state index is 12.3. The van der Waals surface area contributed by atoms with Crippen LogP contribution in [0.2, 0.25) is 0 Å². The lowest BCUT2D eigenvalue weighted by molar-refractivity contribution is -0.132. The highest BCUT2D eigenvalue weighted by molar-refractivity contribution is 8.01. The topological polar surface area (TPSA) is 71.5 Å². The molecule has 0 radical (unpaired) electrons. The number of amides is 2. The standard InChI is InChI=1S/C19H25N3O3S2/c1-3-13(4-2)18(24)20-14-5-6-15-16(11-14)27-19(21-15)26-12-17(23)22-7-9-25-10-8-22/h5-6,11,13H,3-4,7-10,12H2,1-2H3,(H,20,24). The highest BCUT2D eigenvalue weighted by Crippen LogP contribution is 2.31. The first-order valence-corrected chi connectivity index (χ1v) is 11.1. The number of thioether (sulfide) groups is 1. The van der Waals surface area contributed by atoms with Crippen LogP contribution in [0.1, 0.15) is 26.7 Å². The van der Waals surface area contributed by atoms with Gasteiger partial charge in [0.2, 0.25) is 11.8 Å². The van der Waals surface area contributed by atoms with E-state index in [-0.39, 0.29) is 17.7 Å². The molecule has 2 aromatic rings. The van der Waals surface area contributed by atoms with Crippen LogP contribution in [-0.2, 0) is 14.3 Å². The zero-order valence-corrected chi connectivity index (χ0v) is 17.3. The summed E-state index contributed by atoms with van der Waals surface area (Å²) in [5.41, 5.74) is 1.69. The van der Waals surface area contributed by atoms with E-state index in [1.54, 1.807) is 11.3 Å². The van der Waals surface area contributed by atoms with Crippen molar-refractivity contribution >= 4 is 50.8 Å². The Bertz CT molecular complexity index is 799. The van der Waals surface area contributed by atoms with Crippen molar-refractivity contribution in [2.75, 3.05) is 37.4 Å². The Morgan fingerprint density at radius 2 is 2.04 bits per heavy atom. The molecule has 1 N–H and O–H groups in total. The Balaban J connectivity index is 1.61. The fourth-order valence-corrected chi connectivity index (χ4v) is 4.98. The van der Waals surface area contributed by atoms with Gasteiger partial charge in [-0.15, -0.1) is 11.3 Å². The van der Waals surface area contributed by atoms with E-state index in [0.717, 1.165) is 33.1 Å². The van der Waals surface area contributed by atoms with Gasteiger partial charge in [-0.25, -0.2) is 4.98 Å². The average molecular weight is 408 g/mol. The van der Waals surface area contributed by atoms with Crippen LogP contribution in [0, 0.1) is 5.92 Å². The number of anilines is 1. The molecular formula is C19H25N3O3S2. The van der Waals surface area contributed by atoms with Crippen LogP contribution in [0.3, 0.4) is 0 Å². The van der Waals surface area contributed by atoms with Gasteiger partial charge in [-0.1, -0.05) is 25.6 Å². The average Bonchev–Trinajstić information content (AvgIpc) is 3.10. The van der Waals surface area contributed by atoms with Crippen molar-refractivity contribution in [2.24, 2.45) is 5.92 Å². The van der Waals surface area contributed by atoms with Crippen molar-refractivity contribution in [1.29, 1.82) is 0 Å². The number of hydrogen-bond donors (Lipinski definition) is 1. The third-order valence-electron chi connectivity index (χ3n) is 4.68. The normalized spacial score (nSPS) is 14.7. The molecule has 0 unspecified atom stereocenters. The van der Waals surface area contributed by atoms with Crippen molar-refractivity contribution in [1.82, 2.24) is 9.88 Å². The molecule has 1 aromatic heterocycles. The summed E-state index contributed by atoms with van der Waals surface area (Å²) in [6.07, 6.45) is 1.67. The summed E-state index contributed by atoms with van der Waals surface area (Å²) in [7, 11) is 0. The highest BCUT2D eigenvalue weighted by Gasteiger charge is 2.18. The summed E-state index contributed by atoms with van der Waals surface area (Å²) in [5.74, 6) is 0.618. The molecule has 2 heterocycles. The van der Waals surface area contributed by atoms with Gasteiger partial charge < -0.3 is 15.0 Å². The van der Waals surface area contributed by atoms with Gasteiger partial charge in [0, 0.05) is 24.7 Å². The molecule has 1 aliphatic rings. The second-order valence-corrected chi connectivity index (χ2v) is 8.70. The van der Waals surface area contributed by atoms with Gasteiger partial charge in [-0.05, 0) is 31.0 Å². The highest BCUT2D eigenvalue weighted by atomic mass is 32.2. The maximum Gasteiger partial charge on any atom is 0.233 e. The molecule has 1 saturated heterocycles. The number of aromatic nitrogens is 1. The minimum Gasteiger partial charge on any atom is -0.378 e. The van der Waals surface area contributed by atoms with Gasteiger partial charge >= 0.3 is 0 Å². The third-order valence-corrected chi connectivity index (χ3v) is 6.82. The van der Waals surface area contributed by atoms with Gasteiger partial charge in [0.25, 0.3) is 0 Å². The molecule has 6 nitrogen and oxygen atoms in total. The van der Waals surface area contributed by atoms with E-state index in [1.807, 2.05) is 36.9 Å². The molecule has 0 bridgehead atoms. The molecule has 0 saturated carbocycles. The van der Waals surface area contributed by atoms with Crippen LogP contribution in [0.25, 0.3) is 10.2 Å². The first-order valence-electron chi connectivity index (χ1n) is 9.30. The van der Waals surface area contributed by atoms with Crippen LogP contribution in [0.15, 0.2) is 22.5 Å². The Labute approximate surface area is 167 Å². The number of carbonyl (C=O) groups is 2. The molecule has 1 aromatic carbocycles. The zero-order valence-electron chi connectivity index (χ0n) is 15.7. The van der Waals surface area contributed by atoms with Gasteiger partial charge in [0.1, 0.15) is 0 Å². The van der Waals surface area contributed by atoms with E-state index in [0.29, 0.717) is 32.1 Å². The summed E-state index contributed by atoms with van der Waals surface area (Å²) in [6, 6.07) is 5.76. The second kappa shape index (κ2) is 9.52. The number of benzene rings is 1. The zero-order chi connectivity index (χ0) is 19.2. The SMILES string of the molecule is CCC(CC)C(=O)Nc1ccc2nc(SCC(=O)N3CCOCC3)sc2c1. The molecule has 0 aliphatic carbocycles. The number of morpholine rings is 1. The minimum absolute atomic E-state index is 0.0412. The van der Waals surface area contributed by atoms with E-state index in [1.165, 1.54) is 11.8 Å². The smallest absolute Gasteiger partial charge is 0.233 e. The Morgan fingerprint density at radius 3 is 2.74 bits per heavy atom. The Morgan fingerprint density at radius 1 is 1.30 bits per heavy atom. The second-order valence-electron chi connectivity index (χ2n) is 6.45. The fourth-order valence-electron chi connectivity index (χ4n) is 2.97. The summed E-state index contributed by atoms with van der Waals surface area (Å²) in [4.78, 5) is 31.0. The van der Waals surface area contributed by atoms with Crippen LogP contribution in [-0.4, -0.2) is 53.8 Å². The van der Waals surface area contributed by atoms with Crippen LogP contribution >= 0.6 is 23.1 Å². The van der Waals surface area contributed by atoms with E-state index in [4.69, 9.17) is 4.74 Å². The predicted molar refractivity (Wildman–Crippen MR) is 110 cm³/mol. The molecule has 1 fully saturated rings. The van der Waals surface area contributed by atoms with Crippen LogP contribution in [0.5, 0.6) is 0 Å². The van der Waals surface area contributed by atoms with Crippen molar-refractivity contribution < 1.29 is 14.3 Å². The van der Waals surface area contributed by atoms with Crippen molar-refractivity contribution in [3.63, 3.8) is 0 Å². The molecule has 3 rings (SSSR count). The summed E-state index contributed by atoms with van der Waals surface area (Å²) >= 11 is 3.02. The number of rotatable bonds is 7. The molecule has 1 aliphatic heterocycles. The first kappa shape index (κ1) is 20.1. The number of ether oxygens (including phenoxy) is 1. The quantitative estimate of drug-likeness (QED) is 0.710. The summed E-state index contributed by atoms with van der Waals surface area (Å²) in [6.45, 7) is 6.62.